The van der Waals surface area contributed by atoms with Crippen LogP contribution in [0.3, 0.4) is 0 Å². The molecule has 8 rings (SSSR count). The highest BCUT2D eigenvalue weighted by Crippen LogP contribution is 2.26. The Kier molecular flexibility index (Phi) is 38.6. The lowest BCUT2D eigenvalue weighted by atomic mass is 10.1. The van der Waals surface area contributed by atoms with E-state index in [1.807, 2.05) is 98.4 Å². The second kappa shape index (κ2) is 46.4. The van der Waals surface area contributed by atoms with Gasteiger partial charge >= 0.3 is 23.4 Å². The number of nitrogens with two attached hydrogens (primary N) is 4. The summed E-state index contributed by atoms with van der Waals surface area (Å²) in [5.41, 5.74) is 25.5. The topological polar surface area (TPSA) is 476 Å². The molecule has 594 valence electrons. The molecular formula is C78H106N22O11. The molecule has 33 heteroatoms. The maximum Gasteiger partial charge on any atom is 0.328 e. The summed E-state index contributed by atoms with van der Waals surface area (Å²) in [5.74, 6) is 34.4. The molecule has 0 spiro atoms. The summed E-state index contributed by atoms with van der Waals surface area (Å²) >= 11 is 0. The predicted molar refractivity (Wildman–Crippen MR) is 431 cm³/mol. The number of carbonyl (C=O) groups excluding carboxylic acids is 6. The fourth-order valence-corrected chi connectivity index (χ4v) is 9.32. The van der Waals surface area contributed by atoms with Crippen LogP contribution >= 0.6 is 0 Å². The third-order valence-corrected chi connectivity index (χ3v) is 15.4. The van der Waals surface area contributed by atoms with Crippen molar-refractivity contribution in [2.75, 3.05) is 37.6 Å². The number of anilines is 2. The number of rotatable bonds is 14. The van der Waals surface area contributed by atoms with Crippen LogP contribution in [0.4, 0.5) is 21.4 Å². The standard InChI is InChI=1S/C15H19N5O2.C15H19N5O.C13H20N4O2.C13H17N3O3.C11H17N3O.C11H14N2O2/c1-4-11(21)17-7-5-6-10-8-20(9(2)3)13-12(10)14(22)19-15(16)18-13;1-4-12(21)17-7-5-6-11-8-20(10(2)3)15-13(11)14(16)18-9-19-15;1-4-11(18)15-7-5-6-10-8-17(9(2)3)13(19)16-12(10)14;1-4-11(17)14-7-5-6-10-8-16(9(2)3)13(19)15-12(10)18;1-4-5-6-9-7-14(8(2)3)11(15)13-10(9)12;1-4-5-6-9-7-13(8(2)3)11(15)12-10(9)14/h8-9H,4,7H2,1-3H3,(H,17,21)(H3,16,18,19,22);8-10H,4,7H2,1-3H3,(H,17,21)(H2,16,18,19);8-9,12H,4,7,14H2,1-3H3,(H,15,18)(H,16,19);8-9H,4,7H2,1-3H3,(H,14,17)(H,15,18,19);7-8,10H,4,12H2,1-3H3,(H,13,15);7-8H,4H2,1-3H3,(H,12,14,15). The van der Waals surface area contributed by atoms with Crippen molar-refractivity contribution < 1.29 is 28.8 Å². The summed E-state index contributed by atoms with van der Waals surface area (Å²) in [4.78, 5) is 148. The van der Waals surface area contributed by atoms with Gasteiger partial charge in [-0.1, -0.05) is 113 Å². The molecule has 8 amide bonds. The van der Waals surface area contributed by atoms with E-state index < -0.39 is 34.8 Å². The number of hydrogen-bond donors (Lipinski definition) is 13. The lowest BCUT2D eigenvalue weighted by molar-refractivity contribution is -0.121. The molecule has 111 heavy (non-hydrogen) atoms. The molecular weight excluding hydrogens is 1420 g/mol. The molecule has 2 unspecified atom stereocenters. The third-order valence-electron chi connectivity index (χ3n) is 15.4. The number of aromatic amines is 3. The summed E-state index contributed by atoms with van der Waals surface area (Å²) < 4.78 is 6.73. The molecule has 0 radical (unpaired) electrons. The Morgan fingerprint density at radius 2 is 0.757 bits per heavy atom. The smallest absolute Gasteiger partial charge is 0.328 e. The number of urea groups is 2. The second-order valence-corrected chi connectivity index (χ2v) is 25.9. The molecule has 0 fully saturated rings. The molecule has 17 N–H and O–H groups in total. The van der Waals surface area contributed by atoms with Gasteiger partial charge in [-0.15, -0.1) is 0 Å². The maximum atomic E-state index is 12.1. The average Bonchev–Trinajstić information content (AvgIpc) is 1.64. The first-order valence-electron chi connectivity index (χ1n) is 36.3. The number of amides is 8. The van der Waals surface area contributed by atoms with Crippen LogP contribution < -0.4 is 82.9 Å². The fraction of sp³-hybridized carbons (Fsp3) is 0.462. The Bertz CT molecular complexity index is 5060. The van der Waals surface area contributed by atoms with Crippen molar-refractivity contribution in [3.05, 3.63) is 129 Å². The van der Waals surface area contributed by atoms with Crippen molar-refractivity contribution in [1.29, 1.82) is 0 Å². The highest BCUT2D eigenvalue weighted by Gasteiger charge is 2.26. The maximum absolute atomic E-state index is 12.1. The minimum atomic E-state index is -0.600. The van der Waals surface area contributed by atoms with Gasteiger partial charge in [0.25, 0.3) is 16.7 Å². The zero-order chi connectivity index (χ0) is 83.4. The molecule has 0 saturated heterocycles. The van der Waals surface area contributed by atoms with Gasteiger partial charge in [-0.2, -0.15) is 4.98 Å². The quantitative estimate of drug-likeness (QED) is 0.0678. The second-order valence-electron chi connectivity index (χ2n) is 25.9. The molecule has 2 atom stereocenters. The zero-order valence-electron chi connectivity index (χ0n) is 66.6. The van der Waals surface area contributed by atoms with E-state index in [9.17, 15) is 52.7 Å². The molecule has 6 aromatic rings. The molecule has 6 aromatic heterocycles. The molecule has 0 aromatic carbocycles. The summed E-state index contributed by atoms with van der Waals surface area (Å²) in [6.07, 6.45) is 13.6. The number of nitrogens with one attached hydrogen (secondary N) is 9. The van der Waals surface area contributed by atoms with E-state index in [-0.39, 0.29) is 109 Å². The highest BCUT2D eigenvalue weighted by molar-refractivity contribution is 5.92. The molecule has 2 aliphatic heterocycles. The van der Waals surface area contributed by atoms with Gasteiger partial charge in [-0.3, -0.25) is 67.4 Å². The van der Waals surface area contributed by atoms with E-state index in [4.69, 9.17) is 22.9 Å². The molecule has 2 aliphatic rings. The lowest BCUT2D eigenvalue weighted by Crippen LogP contribution is -2.53. The largest absolute Gasteiger partial charge is 0.383 e. The average molecular weight is 1530 g/mol. The van der Waals surface area contributed by atoms with Crippen LogP contribution in [0.1, 0.15) is 210 Å². The summed E-state index contributed by atoms with van der Waals surface area (Å²) in [5, 5.41) is 17.1. The van der Waals surface area contributed by atoms with Gasteiger partial charge in [-0.25, -0.2) is 29.1 Å². The van der Waals surface area contributed by atoms with Crippen LogP contribution in [0.5, 0.6) is 0 Å². The minimum Gasteiger partial charge on any atom is -0.383 e. The van der Waals surface area contributed by atoms with Crippen molar-refractivity contribution in [2.24, 2.45) is 11.5 Å². The number of hydrogen-bond acceptors (Lipinski definition) is 18. The van der Waals surface area contributed by atoms with E-state index in [0.717, 1.165) is 28.6 Å². The normalized spacial score (nSPS) is 13.0. The van der Waals surface area contributed by atoms with Crippen LogP contribution in [0, 0.1) is 71.0 Å². The minimum absolute atomic E-state index is 0.0107. The number of nitrogens with zero attached hydrogens (tertiary/aromatic N) is 9. The van der Waals surface area contributed by atoms with E-state index in [0.29, 0.717) is 72.2 Å². The van der Waals surface area contributed by atoms with Crippen molar-refractivity contribution in [2.45, 2.75) is 212 Å². The van der Waals surface area contributed by atoms with Crippen LogP contribution in [0.25, 0.3) is 22.1 Å². The Labute approximate surface area is 646 Å². The van der Waals surface area contributed by atoms with Crippen LogP contribution in [-0.2, 0) is 19.2 Å². The Balaban J connectivity index is 0.000000347. The number of H-pyrrole nitrogens is 3. The zero-order valence-corrected chi connectivity index (χ0v) is 66.6. The van der Waals surface area contributed by atoms with Crippen LogP contribution in [0.2, 0.25) is 0 Å². The van der Waals surface area contributed by atoms with E-state index in [1.54, 1.807) is 51.2 Å². The van der Waals surface area contributed by atoms with Gasteiger partial charge in [0.2, 0.25) is 29.6 Å². The first-order chi connectivity index (χ1) is 52.5. The van der Waals surface area contributed by atoms with Gasteiger partial charge in [0, 0.05) is 112 Å². The van der Waals surface area contributed by atoms with Gasteiger partial charge in [0.1, 0.15) is 41.3 Å². The van der Waals surface area contributed by atoms with Crippen molar-refractivity contribution in [3.63, 3.8) is 0 Å². The molecule has 0 aliphatic carbocycles. The summed E-state index contributed by atoms with van der Waals surface area (Å²) in [6.45, 7) is 35.2. The van der Waals surface area contributed by atoms with Crippen molar-refractivity contribution >= 4 is 69.5 Å². The molecule has 8 heterocycles. The number of carbonyl (C=O) groups is 6. The van der Waals surface area contributed by atoms with Gasteiger partial charge in [-0.05, 0) is 83.1 Å². The molecule has 33 nitrogen and oxygen atoms in total. The fourth-order valence-electron chi connectivity index (χ4n) is 9.32. The monoisotopic (exact) mass is 1530 g/mol. The first-order valence-corrected chi connectivity index (χ1v) is 36.3. The highest BCUT2D eigenvalue weighted by atomic mass is 16.2. The SMILES string of the molecule is CCC#CC1=CN(C(C)C)C(=O)NC1N.CCC#Cc1cn(C(C)C)c(=O)[nH]c1=O.CCC(=O)NCC#CC1=CN(C(C)C)C(=O)NC1N.CCC(=O)NCC#Cc1cn(C(C)C)c(=O)[nH]c1=O.CCC(=O)NCC#Cc1cn(C(C)C)c2nc(N)[nH]c(=O)c12.CCC(=O)NCC#Cc1cn(C(C)C)c2ncnc(N)c12. The Morgan fingerprint density at radius 3 is 1.13 bits per heavy atom. The van der Waals surface area contributed by atoms with Crippen LogP contribution in [-0.4, -0.2) is 144 Å². The number of fused-ring (bicyclic) bond motifs is 2. The van der Waals surface area contributed by atoms with Crippen LogP contribution in [0.15, 0.2) is 78.6 Å². The Morgan fingerprint density at radius 1 is 0.423 bits per heavy atom. The van der Waals surface area contributed by atoms with E-state index in [2.05, 4.69) is 147 Å². The summed E-state index contributed by atoms with van der Waals surface area (Å²) in [6, 6.07) is 0.0526. The Hall–Kier alpha value is -12.8. The van der Waals surface area contributed by atoms with Crippen molar-refractivity contribution in [1.82, 2.24) is 89.9 Å². The van der Waals surface area contributed by atoms with Gasteiger partial charge in [0.15, 0.2) is 5.65 Å². The van der Waals surface area contributed by atoms with Crippen molar-refractivity contribution in [3.8, 4) is 71.0 Å². The van der Waals surface area contributed by atoms with Gasteiger partial charge in [0.05, 0.1) is 59.2 Å². The molecule has 0 saturated carbocycles. The van der Waals surface area contributed by atoms with Gasteiger partial charge < -0.3 is 64.0 Å². The lowest BCUT2D eigenvalue weighted by Gasteiger charge is -2.30. The number of nitrogen functional groups attached to an aromatic ring is 2. The van der Waals surface area contributed by atoms with E-state index >= 15 is 0 Å². The summed E-state index contributed by atoms with van der Waals surface area (Å²) in [7, 11) is 0. The first kappa shape index (κ1) is 92.4. The number of aromatic nitrogens is 10. The third kappa shape index (κ3) is 29.4. The molecule has 0 bridgehead atoms. The predicted octanol–water partition coefficient (Wildman–Crippen LogP) is 4.23. The van der Waals surface area contributed by atoms with E-state index in [1.165, 1.54) is 32.8 Å².